The van der Waals surface area contributed by atoms with Crippen LogP contribution < -0.4 is 0 Å². The second-order valence-corrected chi connectivity index (χ2v) is 4.12. The van der Waals surface area contributed by atoms with Gasteiger partial charge in [-0.1, -0.05) is 40.5 Å². The molecule has 0 saturated carbocycles. The Morgan fingerprint density at radius 3 is 2.69 bits per heavy atom. The second kappa shape index (κ2) is 4.99. The molecule has 0 saturated heterocycles. The van der Waals surface area contributed by atoms with Crippen LogP contribution in [0, 0.1) is 0 Å². The third-order valence-electron chi connectivity index (χ3n) is 1.96. The summed E-state index contributed by atoms with van der Waals surface area (Å²) in [6.07, 6.45) is 1.03. The first-order chi connectivity index (χ1) is 6.19. The summed E-state index contributed by atoms with van der Waals surface area (Å²) in [5.74, 6) is 0. The highest BCUT2D eigenvalue weighted by molar-refractivity contribution is 9.10. The van der Waals surface area contributed by atoms with E-state index < -0.39 is 0 Å². The Morgan fingerprint density at radius 2 is 2.23 bits per heavy atom. The van der Waals surface area contributed by atoms with Gasteiger partial charge in [0.1, 0.15) is 0 Å². The monoisotopic (exact) mass is 262 g/mol. The zero-order valence-corrected chi connectivity index (χ0v) is 10.0. The van der Waals surface area contributed by atoms with E-state index in [1.807, 2.05) is 18.2 Å². The summed E-state index contributed by atoms with van der Waals surface area (Å²) in [6, 6.07) is 5.85. The summed E-state index contributed by atoms with van der Waals surface area (Å²) in [7, 11) is 1.70. The van der Waals surface area contributed by atoms with Crippen LogP contribution in [0.15, 0.2) is 22.7 Å². The lowest BCUT2D eigenvalue weighted by Crippen LogP contribution is -2.00. The average molecular weight is 264 g/mol. The van der Waals surface area contributed by atoms with Crippen molar-refractivity contribution in [3.63, 3.8) is 0 Å². The van der Waals surface area contributed by atoms with Crippen LogP contribution in [-0.2, 0) is 4.74 Å². The van der Waals surface area contributed by atoms with Crippen LogP contribution in [0.3, 0.4) is 0 Å². The summed E-state index contributed by atoms with van der Waals surface area (Å²) >= 11 is 9.44. The number of hydrogen-bond acceptors (Lipinski definition) is 1. The van der Waals surface area contributed by atoms with Gasteiger partial charge in [-0.25, -0.2) is 0 Å². The zero-order chi connectivity index (χ0) is 9.84. The first-order valence-electron chi connectivity index (χ1n) is 4.16. The smallest absolute Gasteiger partial charge is 0.0832 e. The van der Waals surface area contributed by atoms with Gasteiger partial charge >= 0.3 is 0 Å². The minimum absolute atomic E-state index is 0.0978. The Balaban J connectivity index is 2.99. The molecule has 0 aliphatic heterocycles. The molecule has 0 radical (unpaired) electrons. The van der Waals surface area contributed by atoms with E-state index in [1.165, 1.54) is 0 Å². The van der Waals surface area contributed by atoms with Gasteiger partial charge in [-0.15, -0.1) is 0 Å². The molecule has 1 rings (SSSR count). The Kier molecular flexibility index (Phi) is 4.23. The SMILES string of the molecule is CCC(OC)c1ccc(Br)cc1Cl. The molecule has 0 bridgehead atoms. The van der Waals surface area contributed by atoms with Crippen LogP contribution in [-0.4, -0.2) is 7.11 Å². The Labute approximate surface area is 92.2 Å². The lowest BCUT2D eigenvalue weighted by molar-refractivity contribution is 0.100. The number of methoxy groups -OCH3 is 1. The van der Waals surface area contributed by atoms with Crippen LogP contribution in [0.4, 0.5) is 0 Å². The average Bonchev–Trinajstić information content (AvgIpc) is 2.10. The molecule has 1 nitrogen and oxygen atoms in total. The van der Waals surface area contributed by atoms with E-state index in [2.05, 4.69) is 22.9 Å². The summed E-state index contributed by atoms with van der Waals surface area (Å²) in [5.41, 5.74) is 1.05. The van der Waals surface area contributed by atoms with Gasteiger partial charge in [-0.3, -0.25) is 0 Å². The van der Waals surface area contributed by atoms with Crippen molar-refractivity contribution in [3.05, 3.63) is 33.3 Å². The number of hydrogen-bond donors (Lipinski definition) is 0. The van der Waals surface area contributed by atoms with E-state index in [0.717, 1.165) is 21.5 Å². The summed E-state index contributed by atoms with van der Waals surface area (Å²) in [6.45, 7) is 2.08. The molecule has 72 valence electrons. The molecule has 0 spiro atoms. The third-order valence-corrected chi connectivity index (χ3v) is 2.79. The second-order valence-electron chi connectivity index (χ2n) is 2.80. The molecule has 0 amide bonds. The quantitative estimate of drug-likeness (QED) is 0.794. The van der Waals surface area contributed by atoms with Crippen molar-refractivity contribution < 1.29 is 4.74 Å². The number of halogens is 2. The molecule has 13 heavy (non-hydrogen) atoms. The van der Waals surface area contributed by atoms with E-state index in [-0.39, 0.29) is 6.10 Å². The predicted octanol–water partition coefficient (Wildman–Crippen LogP) is 4.20. The Bertz CT molecular complexity index is 284. The molecule has 0 fully saturated rings. The van der Waals surface area contributed by atoms with Crippen LogP contribution in [0.2, 0.25) is 5.02 Å². The molecular weight excluding hydrogens is 251 g/mol. The van der Waals surface area contributed by atoms with Crippen LogP contribution in [0.25, 0.3) is 0 Å². The van der Waals surface area contributed by atoms with Crippen molar-refractivity contribution >= 4 is 27.5 Å². The first-order valence-corrected chi connectivity index (χ1v) is 5.33. The molecule has 0 N–H and O–H groups in total. The predicted molar refractivity (Wildman–Crippen MR) is 59.2 cm³/mol. The van der Waals surface area contributed by atoms with Gasteiger partial charge < -0.3 is 4.74 Å². The van der Waals surface area contributed by atoms with Gasteiger partial charge in [0.2, 0.25) is 0 Å². The highest BCUT2D eigenvalue weighted by atomic mass is 79.9. The fraction of sp³-hybridized carbons (Fsp3) is 0.400. The van der Waals surface area contributed by atoms with Crippen molar-refractivity contribution in [1.82, 2.24) is 0 Å². The molecule has 1 unspecified atom stereocenters. The molecule has 1 aromatic rings. The van der Waals surface area contributed by atoms with Crippen molar-refractivity contribution in [3.8, 4) is 0 Å². The maximum Gasteiger partial charge on any atom is 0.0832 e. The topological polar surface area (TPSA) is 9.23 Å². The fourth-order valence-electron chi connectivity index (χ4n) is 1.28. The van der Waals surface area contributed by atoms with Crippen molar-refractivity contribution in [2.45, 2.75) is 19.4 Å². The standard InChI is InChI=1S/C10H12BrClO/c1-3-10(13-2)8-5-4-7(11)6-9(8)12/h4-6,10H,3H2,1-2H3. The maximum atomic E-state index is 6.07. The number of rotatable bonds is 3. The zero-order valence-electron chi connectivity index (χ0n) is 7.68. The lowest BCUT2D eigenvalue weighted by Gasteiger charge is -2.14. The van der Waals surface area contributed by atoms with E-state index >= 15 is 0 Å². The van der Waals surface area contributed by atoms with Gasteiger partial charge in [-0.2, -0.15) is 0 Å². The fourth-order valence-corrected chi connectivity index (χ4v) is 2.07. The minimum Gasteiger partial charge on any atom is -0.377 e. The van der Waals surface area contributed by atoms with Gasteiger partial charge in [0.05, 0.1) is 6.10 Å². The first kappa shape index (κ1) is 11.0. The summed E-state index contributed by atoms with van der Waals surface area (Å²) < 4.78 is 6.30. The van der Waals surface area contributed by atoms with Crippen LogP contribution in [0.5, 0.6) is 0 Å². The van der Waals surface area contributed by atoms with E-state index in [9.17, 15) is 0 Å². The van der Waals surface area contributed by atoms with E-state index in [0.29, 0.717) is 0 Å². The Hall–Kier alpha value is -0.0500. The molecule has 0 aliphatic carbocycles. The summed E-state index contributed by atoms with van der Waals surface area (Å²) in [4.78, 5) is 0. The molecule has 1 aromatic carbocycles. The van der Waals surface area contributed by atoms with E-state index in [4.69, 9.17) is 16.3 Å². The van der Waals surface area contributed by atoms with Gasteiger partial charge in [0, 0.05) is 16.6 Å². The highest BCUT2D eigenvalue weighted by Gasteiger charge is 2.11. The van der Waals surface area contributed by atoms with Gasteiger partial charge in [0.15, 0.2) is 0 Å². The normalized spacial score (nSPS) is 12.9. The molecule has 0 aromatic heterocycles. The van der Waals surface area contributed by atoms with Crippen molar-refractivity contribution in [2.24, 2.45) is 0 Å². The molecular formula is C10H12BrClO. The van der Waals surface area contributed by atoms with Gasteiger partial charge in [0.25, 0.3) is 0 Å². The molecule has 1 atom stereocenters. The van der Waals surface area contributed by atoms with Crippen LogP contribution in [0.1, 0.15) is 25.0 Å². The van der Waals surface area contributed by atoms with Gasteiger partial charge in [-0.05, 0) is 24.1 Å². The maximum absolute atomic E-state index is 6.07. The molecule has 0 heterocycles. The number of ether oxygens (including phenoxy) is 1. The van der Waals surface area contributed by atoms with Crippen molar-refractivity contribution in [2.75, 3.05) is 7.11 Å². The van der Waals surface area contributed by atoms with E-state index in [1.54, 1.807) is 7.11 Å². The highest BCUT2D eigenvalue weighted by Crippen LogP contribution is 2.29. The summed E-state index contributed by atoms with van der Waals surface area (Å²) in [5, 5.41) is 0.753. The largest absolute Gasteiger partial charge is 0.377 e. The van der Waals surface area contributed by atoms with Crippen molar-refractivity contribution in [1.29, 1.82) is 0 Å². The lowest BCUT2D eigenvalue weighted by atomic mass is 10.1. The Morgan fingerprint density at radius 1 is 1.54 bits per heavy atom. The third kappa shape index (κ3) is 2.70. The van der Waals surface area contributed by atoms with Crippen LogP contribution >= 0.6 is 27.5 Å². The molecule has 3 heteroatoms. The minimum atomic E-state index is 0.0978. The number of benzene rings is 1. The molecule has 0 aliphatic rings.